The fourth-order valence-electron chi connectivity index (χ4n) is 6.93. The molecule has 1 unspecified atom stereocenters. The summed E-state index contributed by atoms with van der Waals surface area (Å²) in [5, 5.41) is 1.15. The Balaban J connectivity index is 1.33. The zero-order valence-corrected chi connectivity index (χ0v) is 22.9. The van der Waals surface area contributed by atoms with E-state index in [1.54, 1.807) is 7.11 Å². The number of likely N-dealkylation sites (tertiary alicyclic amines) is 1. The van der Waals surface area contributed by atoms with E-state index >= 15 is 0 Å². The molecule has 1 aromatic heterocycles. The maximum absolute atomic E-state index is 13.6. The molecule has 0 spiro atoms. The Morgan fingerprint density at radius 3 is 2.51 bits per heavy atom. The van der Waals surface area contributed by atoms with Crippen molar-refractivity contribution in [2.45, 2.75) is 90.0 Å². The normalized spacial score (nSPS) is 19.4. The second-order valence-corrected chi connectivity index (χ2v) is 11.3. The topological polar surface area (TPSA) is 34.5 Å². The molecule has 1 saturated heterocycles. The summed E-state index contributed by atoms with van der Waals surface area (Å²) < 4.78 is 7.49. The third kappa shape index (κ3) is 5.95. The lowest BCUT2D eigenvalue weighted by Crippen LogP contribution is -2.40. The highest BCUT2D eigenvalue weighted by atomic mass is 16.5. The molecule has 198 valence electrons. The molecule has 0 N–H and O–H groups in total. The van der Waals surface area contributed by atoms with Gasteiger partial charge in [-0.25, -0.2) is 0 Å². The van der Waals surface area contributed by atoms with Crippen LogP contribution in [0.4, 0.5) is 0 Å². The molecule has 2 heterocycles. The summed E-state index contributed by atoms with van der Waals surface area (Å²) in [4.78, 5) is 16.3. The van der Waals surface area contributed by atoms with Gasteiger partial charge in [-0.3, -0.25) is 9.36 Å². The molecule has 4 heteroatoms. The lowest BCUT2D eigenvalue weighted by Gasteiger charge is -2.36. The molecule has 2 aliphatic rings. The Morgan fingerprint density at radius 2 is 1.73 bits per heavy atom. The average Bonchev–Trinajstić information content (AvgIpc) is 3.23. The van der Waals surface area contributed by atoms with Gasteiger partial charge in [-0.2, -0.15) is 0 Å². The number of nitrogens with zero attached hydrogens (tertiary/aromatic N) is 2. The van der Waals surface area contributed by atoms with Crippen LogP contribution in [-0.4, -0.2) is 41.6 Å². The minimum Gasteiger partial charge on any atom is -0.497 e. The number of methoxy groups -OCH3 is 1. The van der Waals surface area contributed by atoms with E-state index < -0.39 is 0 Å². The number of aromatic nitrogens is 1. The Morgan fingerprint density at radius 1 is 0.946 bits per heavy atom. The van der Waals surface area contributed by atoms with E-state index in [1.807, 2.05) is 47.0 Å². The number of piperidine rings is 1. The van der Waals surface area contributed by atoms with Crippen molar-refractivity contribution in [3.63, 3.8) is 0 Å². The molecule has 0 bridgehead atoms. The Bertz CT molecular complexity index is 1180. The Hall–Kier alpha value is -2.59. The molecule has 2 fully saturated rings. The summed E-state index contributed by atoms with van der Waals surface area (Å²) in [7, 11) is 1.71. The summed E-state index contributed by atoms with van der Waals surface area (Å²) in [6, 6.07) is 16.5. The predicted octanol–water partition coefficient (Wildman–Crippen LogP) is 7.79. The molecule has 1 aliphatic carbocycles. The number of carbonyl (C=O) groups excluding carboxylic acids is 1. The minimum atomic E-state index is 0.0399. The minimum absolute atomic E-state index is 0.0399. The second kappa shape index (κ2) is 12.3. The van der Waals surface area contributed by atoms with Crippen molar-refractivity contribution < 1.29 is 9.53 Å². The number of rotatable bonds is 9. The van der Waals surface area contributed by atoms with Gasteiger partial charge in [0.1, 0.15) is 5.75 Å². The lowest BCUT2D eigenvalue weighted by atomic mass is 9.85. The maximum Gasteiger partial charge on any atom is 0.262 e. The SMILES string of the molecule is COc1ccc2c(c1)c(CCN1CCCCC1CCCC1CCCCC1)c(C)n2C(=O)c1ccccc1. The zero-order chi connectivity index (χ0) is 25.6. The van der Waals surface area contributed by atoms with Gasteiger partial charge in [-0.05, 0) is 81.0 Å². The number of benzene rings is 2. The van der Waals surface area contributed by atoms with Crippen molar-refractivity contribution >= 4 is 16.8 Å². The average molecular weight is 501 g/mol. The number of hydrogen-bond donors (Lipinski definition) is 0. The standard InChI is InChI=1S/C33H44N2O2/c1-25-30(21-23-34-22-10-9-17-28(34)18-11-14-26-12-5-3-6-13-26)31-24-29(37-2)19-20-32(31)35(25)33(36)27-15-7-4-8-16-27/h4,7-8,15-16,19-20,24,26,28H,3,5-6,9-14,17-18,21-23H2,1-2H3. The first-order chi connectivity index (χ1) is 18.2. The summed E-state index contributed by atoms with van der Waals surface area (Å²) in [6.07, 6.45) is 16.4. The van der Waals surface area contributed by atoms with Gasteiger partial charge in [0.15, 0.2) is 0 Å². The van der Waals surface area contributed by atoms with E-state index in [9.17, 15) is 4.79 Å². The van der Waals surface area contributed by atoms with Crippen LogP contribution >= 0.6 is 0 Å². The van der Waals surface area contributed by atoms with E-state index in [0.29, 0.717) is 6.04 Å². The van der Waals surface area contributed by atoms with Gasteiger partial charge in [-0.1, -0.05) is 69.6 Å². The summed E-state index contributed by atoms with van der Waals surface area (Å²) in [5.41, 5.74) is 4.04. The van der Waals surface area contributed by atoms with Crippen LogP contribution in [0.25, 0.3) is 10.9 Å². The van der Waals surface area contributed by atoms with Crippen LogP contribution in [0.2, 0.25) is 0 Å². The highest BCUT2D eigenvalue weighted by Gasteiger charge is 2.25. The summed E-state index contributed by atoms with van der Waals surface area (Å²) in [6.45, 7) is 4.38. The molecule has 0 amide bonds. The van der Waals surface area contributed by atoms with E-state index in [0.717, 1.165) is 46.8 Å². The molecule has 5 rings (SSSR count). The smallest absolute Gasteiger partial charge is 0.262 e. The third-order valence-electron chi connectivity index (χ3n) is 9.04. The Labute approximate surface area is 223 Å². The number of ether oxygens (including phenoxy) is 1. The van der Waals surface area contributed by atoms with E-state index in [4.69, 9.17) is 4.74 Å². The van der Waals surface area contributed by atoms with E-state index in [2.05, 4.69) is 17.9 Å². The second-order valence-electron chi connectivity index (χ2n) is 11.3. The molecule has 1 aliphatic heterocycles. The van der Waals surface area contributed by atoms with Crippen LogP contribution in [0, 0.1) is 12.8 Å². The first kappa shape index (κ1) is 26.0. The largest absolute Gasteiger partial charge is 0.497 e. The molecule has 37 heavy (non-hydrogen) atoms. The van der Waals surface area contributed by atoms with Crippen LogP contribution in [0.5, 0.6) is 5.75 Å². The predicted molar refractivity (Wildman–Crippen MR) is 153 cm³/mol. The zero-order valence-electron chi connectivity index (χ0n) is 22.9. The van der Waals surface area contributed by atoms with Crippen LogP contribution in [0.1, 0.15) is 92.2 Å². The number of fused-ring (bicyclic) bond motifs is 1. The molecule has 1 atom stereocenters. The van der Waals surface area contributed by atoms with Crippen molar-refractivity contribution in [2.24, 2.45) is 5.92 Å². The molecular formula is C33H44N2O2. The van der Waals surface area contributed by atoms with Gasteiger partial charge in [-0.15, -0.1) is 0 Å². The fraction of sp³-hybridized carbons (Fsp3) is 0.545. The van der Waals surface area contributed by atoms with Crippen molar-refractivity contribution in [1.82, 2.24) is 9.47 Å². The third-order valence-corrected chi connectivity index (χ3v) is 9.04. The van der Waals surface area contributed by atoms with Crippen LogP contribution in [0.3, 0.4) is 0 Å². The van der Waals surface area contributed by atoms with Gasteiger partial charge in [0, 0.05) is 29.2 Å². The van der Waals surface area contributed by atoms with Crippen molar-refractivity contribution in [1.29, 1.82) is 0 Å². The Kier molecular flexibility index (Phi) is 8.66. The monoisotopic (exact) mass is 500 g/mol. The summed E-state index contributed by atoms with van der Waals surface area (Å²) >= 11 is 0. The quantitative estimate of drug-likeness (QED) is 0.301. The number of carbonyl (C=O) groups is 1. The van der Waals surface area contributed by atoms with Crippen molar-refractivity contribution in [2.75, 3.05) is 20.2 Å². The molecule has 3 aromatic rings. The summed E-state index contributed by atoms with van der Waals surface area (Å²) in [5.74, 6) is 1.87. The van der Waals surface area contributed by atoms with Crippen LogP contribution < -0.4 is 4.74 Å². The van der Waals surface area contributed by atoms with Gasteiger partial charge >= 0.3 is 0 Å². The van der Waals surface area contributed by atoms with Gasteiger partial charge in [0.05, 0.1) is 12.6 Å². The number of hydrogen-bond acceptors (Lipinski definition) is 3. The fourth-order valence-corrected chi connectivity index (χ4v) is 6.93. The van der Waals surface area contributed by atoms with Gasteiger partial charge in [0.25, 0.3) is 5.91 Å². The van der Waals surface area contributed by atoms with E-state index in [-0.39, 0.29) is 5.91 Å². The van der Waals surface area contributed by atoms with Gasteiger partial charge in [0.2, 0.25) is 0 Å². The molecule has 0 radical (unpaired) electrons. The van der Waals surface area contributed by atoms with Crippen molar-refractivity contribution in [3.05, 3.63) is 65.4 Å². The molecular weight excluding hydrogens is 456 g/mol. The first-order valence-electron chi connectivity index (χ1n) is 14.7. The highest BCUT2D eigenvalue weighted by Crippen LogP contribution is 2.32. The van der Waals surface area contributed by atoms with Gasteiger partial charge < -0.3 is 9.64 Å². The molecule has 4 nitrogen and oxygen atoms in total. The maximum atomic E-state index is 13.6. The first-order valence-corrected chi connectivity index (χ1v) is 14.7. The molecule has 2 aromatic carbocycles. The van der Waals surface area contributed by atoms with Crippen LogP contribution in [-0.2, 0) is 6.42 Å². The highest BCUT2D eigenvalue weighted by molar-refractivity contribution is 6.04. The lowest BCUT2D eigenvalue weighted by molar-refractivity contribution is 0.0962. The van der Waals surface area contributed by atoms with Crippen LogP contribution in [0.15, 0.2) is 48.5 Å². The molecule has 1 saturated carbocycles. The van der Waals surface area contributed by atoms with E-state index in [1.165, 1.54) is 82.7 Å². The van der Waals surface area contributed by atoms with Crippen molar-refractivity contribution in [3.8, 4) is 5.75 Å².